The van der Waals surface area contributed by atoms with Gasteiger partial charge in [-0.25, -0.2) is 4.39 Å². The summed E-state index contributed by atoms with van der Waals surface area (Å²) in [6, 6.07) is 8.09. The van der Waals surface area contributed by atoms with Gasteiger partial charge in [0.1, 0.15) is 5.82 Å². The SMILES string of the molecule is Cc1ccc(NC(=O)c2cc3c(cc2C)OCCCO3)cc1F. The Morgan fingerprint density at radius 2 is 1.74 bits per heavy atom. The van der Waals surface area contributed by atoms with Crippen LogP contribution in [0.15, 0.2) is 30.3 Å². The second-order valence-electron chi connectivity index (χ2n) is 5.58. The number of aryl methyl sites for hydroxylation is 2. The van der Waals surface area contributed by atoms with E-state index in [1.165, 1.54) is 6.07 Å². The van der Waals surface area contributed by atoms with Gasteiger partial charge in [0.2, 0.25) is 0 Å². The zero-order valence-corrected chi connectivity index (χ0v) is 13.1. The van der Waals surface area contributed by atoms with Crippen LogP contribution in [0.2, 0.25) is 0 Å². The lowest BCUT2D eigenvalue weighted by Crippen LogP contribution is -2.14. The van der Waals surface area contributed by atoms with E-state index in [1.807, 2.05) is 6.92 Å². The quantitative estimate of drug-likeness (QED) is 0.915. The highest BCUT2D eigenvalue weighted by Crippen LogP contribution is 2.33. The molecule has 1 amide bonds. The molecule has 1 N–H and O–H groups in total. The first-order valence-corrected chi connectivity index (χ1v) is 7.52. The van der Waals surface area contributed by atoms with Gasteiger partial charge in [-0.3, -0.25) is 4.79 Å². The molecule has 0 fully saturated rings. The molecule has 0 saturated heterocycles. The summed E-state index contributed by atoms with van der Waals surface area (Å²) in [6.07, 6.45) is 0.803. The van der Waals surface area contributed by atoms with Crippen molar-refractivity contribution in [2.24, 2.45) is 0 Å². The molecule has 0 spiro atoms. The Labute approximate surface area is 134 Å². The van der Waals surface area contributed by atoms with Gasteiger partial charge in [0.15, 0.2) is 11.5 Å². The van der Waals surface area contributed by atoms with E-state index in [9.17, 15) is 9.18 Å². The molecule has 0 aliphatic carbocycles. The number of hydrogen-bond donors (Lipinski definition) is 1. The number of nitrogens with one attached hydrogen (secondary N) is 1. The van der Waals surface area contributed by atoms with E-state index >= 15 is 0 Å². The minimum Gasteiger partial charge on any atom is -0.490 e. The largest absolute Gasteiger partial charge is 0.490 e. The Hall–Kier alpha value is -2.56. The molecular weight excluding hydrogens is 297 g/mol. The summed E-state index contributed by atoms with van der Waals surface area (Å²) < 4.78 is 24.8. The zero-order valence-electron chi connectivity index (χ0n) is 13.1. The molecular formula is C18H18FNO3. The molecule has 1 heterocycles. The van der Waals surface area contributed by atoms with E-state index in [0.717, 1.165) is 12.0 Å². The van der Waals surface area contributed by atoms with Crippen LogP contribution in [0.5, 0.6) is 11.5 Å². The highest BCUT2D eigenvalue weighted by atomic mass is 19.1. The molecule has 0 aromatic heterocycles. The third-order valence-electron chi connectivity index (χ3n) is 3.77. The number of anilines is 1. The van der Waals surface area contributed by atoms with Crippen LogP contribution in [-0.2, 0) is 0 Å². The summed E-state index contributed by atoms with van der Waals surface area (Å²) in [5.74, 6) is 0.561. The fourth-order valence-corrected chi connectivity index (χ4v) is 2.42. The number of rotatable bonds is 2. The molecule has 23 heavy (non-hydrogen) atoms. The van der Waals surface area contributed by atoms with Crippen LogP contribution in [0.4, 0.5) is 10.1 Å². The maximum Gasteiger partial charge on any atom is 0.256 e. The summed E-state index contributed by atoms with van der Waals surface area (Å²) >= 11 is 0. The van der Waals surface area contributed by atoms with E-state index < -0.39 is 0 Å². The molecule has 4 nitrogen and oxygen atoms in total. The van der Waals surface area contributed by atoms with Crippen molar-refractivity contribution in [3.63, 3.8) is 0 Å². The average molecular weight is 315 g/mol. The van der Waals surface area contributed by atoms with Crippen LogP contribution in [0.25, 0.3) is 0 Å². The predicted octanol–water partition coefficient (Wildman–Crippen LogP) is 3.86. The molecule has 1 aliphatic rings. The first-order chi connectivity index (χ1) is 11.0. The van der Waals surface area contributed by atoms with Crippen molar-refractivity contribution >= 4 is 11.6 Å². The third-order valence-corrected chi connectivity index (χ3v) is 3.77. The molecule has 2 aromatic rings. The Bertz CT molecular complexity index is 758. The zero-order chi connectivity index (χ0) is 16.4. The minimum absolute atomic E-state index is 0.304. The van der Waals surface area contributed by atoms with Crippen LogP contribution < -0.4 is 14.8 Å². The van der Waals surface area contributed by atoms with Gasteiger partial charge >= 0.3 is 0 Å². The fourth-order valence-electron chi connectivity index (χ4n) is 2.42. The number of benzene rings is 2. The van der Waals surface area contributed by atoms with Crippen LogP contribution >= 0.6 is 0 Å². The summed E-state index contributed by atoms with van der Waals surface area (Å²) in [6.45, 7) is 4.66. The molecule has 5 heteroatoms. The normalized spacial score (nSPS) is 13.3. The molecule has 0 unspecified atom stereocenters. The van der Waals surface area contributed by atoms with Gasteiger partial charge in [0.25, 0.3) is 5.91 Å². The monoisotopic (exact) mass is 315 g/mol. The van der Waals surface area contributed by atoms with Gasteiger partial charge in [-0.05, 0) is 49.2 Å². The van der Waals surface area contributed by atoms with Gasteiger partial charge in [-0.2, -0.15) is 0 Å². The molecule has 0 radical (unpaired) electrons. The predicted molar refractivity (Wildman–Crippen MR) is 85.9 cm³/mol. The number of fused-ring (bicyclic) bond motifs is 1. The van der Waals surface area contributed by atoms with Crippen LogP contribution in [0.3, 0.4) is 0 Å². The number of carbonyl (C=O) groups is 1. The van der Waals surface area contributed by atoms with Crippen molar-refractivity contribution in [1.29, 1.82) is 0 Å². The van der Waals surface area contributed by atoms with E-state index in [-0.39, 0.29) is 11.7 Å². The second-order valence-corrected chi connectivity index (χ2v) is 5.58. The fraction of sp³-hybridized carbons (Fsp3) is 0.278. The molecule has 0 saturated carbocycles. The van der Waals surface area contributed by atoms with Gasteiger partial charge in [0.05, 0.1) is 13.2 Å². The average Bonchev–Trinajstić information content (AvgIpc) is 2.74. The molecule has 3 rings (SSSR count). The Balaban J connectivity index is 1.87. The summed E-state index contributed by atoms with van der Waals surface area (Å²) in [4.78, 5) is 12.5. The van der Waals surface area contributed by atoms with Crippen molar-refractivity contribution in [3.8, 4) is 11.5 Å². The number of hydrogen-bond acceptors (Lipinski definition) is 3. The van der Waals surface area contributed by atoms with Gasteiger partial charge in [-0.15, -0.1) is 0 Å². The third kappa shape index (κ3) is 3.28. The molecule has 2 aromatic carbocycles. The molecule has 0 atom stereocenters. The first kappa shape index (κ1) is 15.3. The Kier molecular flexibility index (Phi) is 4.19. The van der Waals surface area contributed by atoms with E-state index in [4.69, 9.17) is 9.47 Å². The van der Waals surface area contributed by atoms with Crippen molar-refractivity contribution < 1.29 is 18.7 Å². The van der Waals surface area contributed by atoms with Crippen LogP contribution in [0.1, 0.15) is 27.9 Å². The van der Waals surface area contributed by atoms with Crippen molar-refractivity contribution in [3.05, 3.63) is 52.8 Å². The van der Waals surface area contributed by atoms with Crippen LogP contribution in [0, 0.1) is 19.7 Å². The standard InChI is InChI=1S/C18H18FNO3/c1-11-4-5-13(9-15(11)19)20-18(21)14-10-17-16(8-12(14)2)22-6-3-7-23-17/h4-5,8-10H,3,6-7H2,1-2H3,(H,20,21). The highest BCUT2D eigenvalue weighted by Gasteiger charge is 2.17. The summed E-state index contributed by atoms with van der Waals surface area (Å²) in [7, 11) is 0. The van der Waals surface area contributed by atoms with Gasteiger partial charge in [-0.1, -0.05) is 6.07 Å². The van der Waals surface area contributed by atoms with E-state index in [1.54, 1.807) is 31.2 Å². The minimum atomic E-state index is -0.349. The number of ether oxygens (including phenoxy) is 2. The maximum atomic E-state index is 13.6. The van der Waals surface area contributed by atoms with Crippen molar-refractivity contribution in [2.75, 3.05) is 18.5 Å². The molecule has 0 bridgehead atoms. The summed E-state index contributed by atoms with van der Waals surface area (Å²) in [5, 5.41) is 2.71. The van der Waals surface area contributed by atoms with Crippen LogP contribution in [-0.4, -0.2) is 19.1 Å². The Morgan fingerprint density at radius 1 is 1.04 bits per heavy atom. The van der Waals surface area contributed by atoms with E-state index in [0.29, 0.717) is 41.5 Å². The van der Waals surface area contributed by atoms with Gasteiger partial charge in [0, 0.05) is 17.7 Å². The molecule has 120 valence electrons. The topological polar surface area (TPSA) is 47.6 Å². The number of amides is 1. The highest BCUT2D eigenvalue weighted by molar-refractivity contribution is 6.05. The lowest BCUT2D eigenvalue weighted by atomic mass is 10.1. The number of halogens is 1. The lowest BCUT2D eigenvalue weighted by molar-refractivity contribution is 0.102. The first-order valence-electron chi connectivity index (χ1n) is 7.52. The van der Waals surface area contributed by atoms with E-state index in [2.05, 4.69) is 5.32 Å². The number of carbonyl (C=O) groups excluding carboxylic acids is 1. The van der Waals surface area contributed by atoms with Gasteiger partial charge < -0.3 is 14.8 Å². The maximum absolute atomic E-state index is 13.6. The lowest BCUT2D eigenvalue weighted by Gasteiger charge is -2.13. The summed E-state index contributed by atoms with van der Waals surface area (Å²) in [5.41, 5.74) is 2.22. The molecule has 1 aliphatic heterocycles. The van der Waals surface area contributed by atoms with Crippen molar-refractivity contribution in [1.82, 2.24) is 0 Å². The second kappa shape index (κ2) is 6.28. The smallest absolute Gasteiger partial charge is 0.256 e. The Morgan fingerprint density at radius 3 is 2.43 bits per heavy atom. The van der Waals surface area contributed by atoms with Crippen molar-refractivity contribution in [2.45, 2.75) is 20.3 Å².